The Balaban J connectivity index is 2.29. The van der Waals surface area contributed by atoms with Crippen molar-refractivity contribution >= 4 is 5.91 Å². The highest BCUT2D eigenvalue weighted by Gasteiger charge is 2.16. The molecule has 2 N–H and O–H groups in total. The molecule has 106 valence electrons. The van der Waals surface area contributed by atoms with Gasteiger partial charge in [-0.3, -0.25) is 4.79 Å². The van der Waals surface area contributed by atoms with E-state index in [9.17, 15) is 9.90 Å². The Hall–Kier alpha value is -1.39. The highest BCUT2D eigenvalue weighted by atomic mass is 16.5. The van der Waals surface area contributed by atoms with Crippen LogP contribution in [0.1, 0.15) is 26.3 Å². The molecule has 4 nitrogen and oxygen atoms in total. The van der Waals surface area contributed by atoms with E-state index < -0.39 is 12.2 Å². The number of rotatable bonds is 7. The molecule has 0 aliphatic rings. The van der Waals surface area contributed by atoms with E-state index in [2.05, 4.69) is 5.32 Å². The molecule has 0 fully saturated rings. The van der Waals surface area contributed by atoms with Crippen LogP contribution < -0.4 is 5.32 Å². The van der Waals surface area contributed by atoms with Crippen molar-refractivity contribution in [3.8, 4) is 0 Å². The van der Waals surface area contributed by atoms with Crippen LogP contribution in [-0.4, -0.2) is 29.8 Å². The zero-order chi connectivity index (χ0) is 14.3. The first kappa shape index (κ1) is 15.7. The summed E-state index contributed by atoms with van der Waals surface area (Å²) in [5.74, 6) is -0.0727. The van der Waals surface area contributed by atoms with Gasteiger partial charge in [0.05, 0.1) is 12.7 Å². The second-order valence-corrected chi connectivity index (χ2v) is 5.00. The lowest BCUT2D eigenvalue weighted by atomic mass is 10.1. The van der Waals surface area contributed by atoms with Crippen LogP contribution >= 0.6 is 0 Å². The van der Waals surface area contributed by atoms with E-state index in [4.69, 9.17) is 4.74 Å². The Morgan fingerprint density at radius 2 is 1.89 bits per heavy atom. The van der Waals surface area contributed by atoms with Gasteiger partial charge in [0.15, 0.2) is 0 Å². The summed E-state index contributed by atoms with van der Waals surface area (Å²) in [6.07, 6.45) is -1.05. The van der Waals surface area contributed by atoms with Gasteiger partial charge in [-0.2, -0.15) is 0 Å². The number of aliphatic hydroxyl groups excluding tert-OH is 1. The monoisotopic (exact) mass is 265 g/mol. The van der Waals surface area contributed by atoms with E-state index in [0.29, 0.717) is 6.61 Å². The number of aliphatic hydroxyl groups is 1. The van der Waals surface area contributed by atoms with Crippen molar-refractivity contribution in [3.63, 3.8) is 0 Å². The molecule has 0 saturated carbocycles. The molecule has 1 aromatic rings. The Labute approximate surface area is 114 Å². The van der Waals surface area contributed by atoms with Crippen molar-refractivity contribution in [1.29, 1.82) is 0 Å². The van der Waals surface area contributed by atoms with Crippen molar-refractivity contribution < 1.29 is 14.6 Å². The zero-order valence-corrected chi connectivity index (χ0v) is 11.8. The van der Waals surface area contributed by atoms with Gasteiger partial charge >= 0.3 is 0 Å². The molecule has 0 bridgehead atoms. The number of benzene rings is 1. The third-order valence-electron chi connectivity index (χ3n) is 2.97. The van der Waals surface area contributed by atoms with Gasteiger partial charge in [0.1, 0.15) is 6.10 Å². The molecule has 19 heavy (non-hydrogen) atoms. The largest absolute Gasteiger partial charge is 0.391 e. The van der Waals surface area contributed by atoms with Gasteiger partial charge in [-0.25, -0.2) is 0 Å². The molecule has 0 aromatic heterocycles. The standard InChI is InChI=1S/C15H23NO3/c1-11(2)14(17)9-16-15(18)12(3)19-10-13-7-5-4-6-8-13/h4-8,11-12,14,17H,9-10H2,1-3H3,(H,16,18). The van der Waals surface area contributed by atoms with Crippen molar-refractivity contribution in [2.45, 2.75) is 39.6 Å². The minimum atomic E-state index is -0.528. The number of amides is 1. The molecule has 0 spiro atoms. The molecule has 0 heterocycles. The van der Waals surface area contributed by atoms with E-state index in [0.717, 1.165) is 5.56 Å². The average molecular weight is 265 g/mol. The van der Waals surface area contributed by atoms with Crippen molar-refractivity contribution in [3.05, 3.63) is 35.9 Å². The number of carbonyl (C=O) groups excluding carboxylic acids is 1. The van der Waals surface area contributed by atoms with E-state index in [1.165, 1.54) is 0 Å². The van der Waals surface area contributed by atoms with Crippen LogP contribution in [0.5, 0.6) is 0 Å². The highest BCUT2D eigenvalue weighted by molar-refractivity contribution is 5.80. The lowest BCUT2D eigenvalue weighted by molar-refractivity contribution is -0.133. The van der Waals surface area contributed by atoms with Crippen LogP contribution in [0.3, 0.4) is 0 Å². The summed E-state index contributed by atoms with van der Waals surface area (Å²) < 4.78 is 5.49. The maximum Gasteiger partial charge on any atom is 0.248 e. The predicted octanol–water partition coefficient (Wildman–Crippen LogP) is 1.72. The van der Waals surface area contributed by atoms with Gasteiger partial charge in [0.25, 0.3) is 0 Å². The number of ether oxygens (including phenoxy) is 1. The second-order valence-electron chi connectivity index (χ2n) is 5.00. The van der Waals surface area contributed by atoms with Gasteiger partial charge in [-0.05, 0) is 18.4 Å². The maximum absolute atomic E-state index is 11.7. The van der Waals surface area contributed by atoms with Crippen molar-refractivity contribution in [2.24, 2.45) is 5.92 Å². The summed E-state index contributed by atoms with van der Waals surface area (Å²) in [4.78, 5) is 11.7. The number of hydrogen-bond acceptors (Lipinski definition) is 3. The minimum Gasteiger partial charge on any atom is -0.391 e. The van der Waals surface area contributed by atoms with Gasteiger partial charge in [-0.15, -0.1) is 0 Å². The third kappa shape index (κ3) is 5.85. The highest BCUT2D eigenvalue weighted by Crippen LogP contribution is 2.04. The van der Waals surface area contributed by atoms with Gasteiger partial charge in [-0.1, -0.05) is 44.2 Å². The van der Waals surface area contributed by atoms with Crippen molar-refractivity contribution in [1.82, 2.24) is 5.32 Å². The number of nitrogens with one attached hydrogen (secondary N) is 1. The molecular weight excluding hydrogens is 242 g/mol. The van der Waals surface area contributed by atoms with Crippen LogP contribution in [0.2, 0.25) is 0 Å². The number of hydrogen-bond donors (Lipinski definition) is 2. The molecule has 2 atom stereocenters. The van der Waals surface area contributed by atoms with Crippen LogP contribution in [-0.2, 0) is 16.1 Å². The smallest absolute Gasteiger partial charge is 0.248 e. The maximum atomic E-state index is 11.7. The average Bonchev–Trinajstić information content (AvgIpc) is 2.42. The molecule has 0 aliphatic carbocycles. The Morgan fingerprint density at radius 3 is 2.47 bits per heavy atom. The quantitative estimate of drug-likeness (QED) is 0.789. The van der Waals surface area contributed by atoms with E-state index >= 15 is 0 Å². The second kappa shape index (κ2) is 7.92. The molecule has 0 aliphatic heterocycles. The van der Waals surface area contributed by atoms with E-state index in [-0.39, 0.29) is 18.4 Å². The topological polar surface area (TPSA) is 58.6 Å². The fourth-order valence-electron chi connectivity index (χ4n) is 1.46. The van der Waals surface area contributed by atoms with Gasteiger partial charge in [0.2, 0.25) is 5.91 Å². The van der Waals surface area contributed by atoms with Crippen LogP contribution in [0, 0.1) is 5.92 Å². The Bertz CT molecular complexity index is 378. The summed E-state index contributed by atoms with van der Waals surface area (Å²) in [6.45, 7) is 6.19. The molecule has 1 aromatic carbocycles. The Kier molecular flexibility index (Phi) is 6.53. The molecule has 0 saturated heterocycles. The van der Waals surface area contributed by atoms with Gasteiger partial charge < -0.3 is 15.2 Å². The molecule has 2 unspecified atom stereocenters. The molecular formula is C15H23NO3. The predicted molar refractivity (Wildman–Crippen MR) is 74.5 cm³/mol. The summed E-state index contributed by atoms with van der Waals surface area (Å²) in [5, 5.41) is 12.3. The first-order valence-corrected chi connectivity index (χ1v) is 6.62. The SMILES string of the molecule is CC(OCc1ccccc1)C(=O)NCC(O)C(C)C. The Morgan fingerprint density at radius 1 is 1.26 bits per heavy atom. The molecule has 1 amide bonds. The van der Waals surface area contributed by atoms with Crippen LogP contribution in [0.15, 0.2) is 30.3 Å². The molecule has 0 radical (unpaired) electrons. The fraction of sp³-hybridized carbons (Fsp3) is 0.533. The van der Waals surface area contributed by atoms with Crippen molar-refractivity contribution in [2.75, 3.05) is 6.54 Å². The van der Waals surface area contributed by atoms with Crippen LogP contribution in [0.4, 0.5) is 0 Å². The lowest BCUT2D eigenvalue weighted by Crippen LogP contribution is -2.40. The minimum absolute atomic E-state index is 0.126. The van der Waals surface area contributed by atoms with Gasteiger partial charge in [0, 0.05) is 6.54 Å². The summed E-state index contributed by atoms with van der Waals surface area (Å²) >= 11 is 0. The zero-order valence-electron chi connectivity index (χ0n) is 11.8. The lowest BCUT2D eigenvalue weighted by Gasteiger charge is -2.17. The summed E-state index contributed by atoms with van der Waals surface area (Å²) in [6, 6.07) is 9.71. The van der Waals surface area contributed by atoms with Crippen LogP contribution in [0.25, 0.3) is 0 Å². The molecule has 1 rings (SSSR count). The number of carbonyl (C=O) groups is 1. The first-order valence-electron chi connectivity index (χ1n) is 6.62. The third-order valence-corrected chi connectivity index (χ3v) is 2.97. The first-order chi connectivity index (χ1) is 9.00. The normalized spacial score (nSPS) is 14.2. The van der Waals surface area contributed by atoms with E-state index in [1.807, 2.05) is 44.2 Å². The van der Waals surface area contributed by atoms with E-state index in [1.54, 1.807) is 6.92 Å². The molecule has 4 heteroatoms. The summed E-state index contributed by atoms with van der Waals surface area (Å²) in [7, 11) is 0. The summed E-state index contributed by atoms with van der Waals surface area (Å²) in [5.41, 5.74) is 1.03. The fourth-order valence-corrected chi connectivity index (χ4v) is 1.46.